The summed E-state index contributed by atoms with van der Waals surface area (Å²) in [5, 5.41) is 2.97. The Balaban J connectivity index is 1.92. The summed E-state index contributed by atoms with van der Waals surface area (Å²) in [5.41, 5.74) is 1.85. The van der Waals surface area contributed by atoms with E-state index in [0.29, 0.717) is 12.2 Å². The Morgan fingerprint density at radius 3 is 2.59 bits per heavy atom. The number of hydrogen-bond donors (Lipinski definition) is 1. The van der Waals surface area contributed by atoms with E-state index in [9.17, 15) is 4.79 Å². The van der Waals surface area contributed by atoms with Crippen LogP contribution in [0.4, 0.5) is 0 Å². The molecule has 1 heterocycles. The molecule has 0 bridgehead atoms. The lowest BCUT2D eigenvalue weighted by Crippen LogP contribution is -2.28. The van der Waals surface area contributed by atoms with Crippen molar-refractivity contribution < 1.29 is 9.53 Å². The molecule has 1 aromatic heterocycles. The zero-order valence-corrected chi connectivity index (χ0v) is 14.7. The lowest BCUT2D eigenvalue weighted by Gasteiger charge is -2.12. The second kappa shape index (κ2) is 7.49. The monoisotopic (exact) mass is 364 g/mol. The number of methoxy groups -OCH3 is 1. The van der Waals surface area contributed by atoms with Gasteiger partial charge in [-0.2, -0.15) is 0 Å². The maximum atomic E-state index is 12.3. The summed E-state index contributed by atoms with van der Waals surface area (Å²) in [6.45, 7) is 4.72. The average Bonchev–Trinajstić information content (AvgIpc) is 2.90. The van der Waals surface area contributed by atoms with Gasteiger partial charge in [0.25, 0.3) is 5.91 Å². The number of carbonyl (C=O) groups excluding carboxylic acids is 1. The lowest BCUT2D eigenvalue weighted by atomic mass is 10.1. The average molecular weight is 365 g/mol. The van der Waals surface area contributed by atoms with Crippen molar-refractivity contribution in [3.8, 4) is 5.75 Å². The Morgan fingerprint density at radius 1 is 1.32 bits per heavy atom. The second-order valence-electron chi connectivity index (χ2n) is 5.40. The fourth-order valence-electron chi connectivity index (χ4n) is 2.26. The number of rotatable bonds is 6. The van der Waals surface area contributed by atoms with Crippen molar-refractivity contribution in [2.45, 2.75) is 26.3 Å². The molecule has 0 saturated carbocycles. The number of nitrogens with one attached hydrogen (secondary N) is 1. The maximum Gasteiger partial charge on any atom is 0.267 e. The molecule has 0 unspecified atom stereocenters. The highest BCUT2D eigenvalue weighted by atomic mass is 79.9. The molecule has 0 fully saturated rings. The second-order valence-corrected chi connectivity index (χ2v) is 6.31. The van der Waals surface area contributed by atoms with E-state index in [1.807, 2.05) is 41.1 Å². The molecule has 0 aliphatic rings. The topological polar surface area (TPSA) is 43.3 Å². The molecule has 2 rings (SSSR count). The van der Waals surface area contributed by atoms with Gasteiger partial charge in [-0.3, -0.25) is 4.79 Å². The molecule has 0 saturated heterocycles. The number of amides is 1. The van der Waals surface area contributed by atoms with Crippen molar-refractivity contribution in [3.05, 3.63) is 52.3 Å². The third-order valence-electron chi connectivity index (χ3n) is 3.46. The summed E-state index contributed by atoms with van der Waals surface area (Å²) in [6, 6.07) is 9.98. The quantitative estimate of drug-likeness (QED) is 0.846. The van der Waals surface area contributed by atoms with Gasteiger partial charge in [0.15, 0.2) is 0 Å². The molecule has 4 nitrogen and oxygen atoms in total. The zero-order valence-electron chi connectivity index (χ0n) is 13.1. The Bertz CT molecular complexity index is 633. The van der Waals surface area contributed by atoms with E-state index in [1.54, 1.807) is 7.11 Å². The summed E-state index contributed by atoms with van der Waals surface area (Å²) in [7, 11) is 1.65. The lowest BCUT2D eigenvalue weighted by molar-refractivity contribution is 0.0943. The first-order chi connectivity index (χ1) is 10.5. The van der Waals surface area contributed by atoms with Gasteiger partial charge in [0, 0.05) is 23.3 Å². The summed E-state index contributed by atoms with van der Waals surface area (Å²) in [4.78, 5) is 12.3. The van der Waals surface area contributed by atoms with Gasteiger partial charge in [-0.1, -0.05) is 12.1 Å². The summed E-state index contributed by atoms with van der Waals surface area (Å²) < 4.78 is 8.01. The van der Waals surface area contributed by atoms with Gasteiger partial charge in [-0.15, -0.1) is 0 Å². The van der Waals surface area contributed by atoms with Crippen LogP contribution in [0.1, 0.15) is 35.9 Å². The molecule has 0 atom stereocenters. The van der Waals surface area contributed by atoms with Gasteiger partial charge < -0.3 is 14.6 Å². The molecule has 0 aliphatic heterocycles. The van der Waals surface area contributed by atoms with Crippen molar-refractivity contribution in [2.75, 3.05) is 13.7 Å². The van der Waals surface area contributed by atoms with Gasteiger partial charge in [-0.05, 0) is 60.0 Å². The van der Waals surface area contributed by atoms with Crippen molar-refractivity contribution >= 4 is 21.8 Å². The van der Waals surface area contributed by atoms with Crippen LogP contribution in [0.3, 0.4) is 0 Å². The number of benzene rings is 1. The molecule has 2 aromatic rings. The predicted molar refractivity (Wildman–Crippen MR) is 91.5 cm³/mol. The highest BCUT2D eigenvalue weighted by molar-refractivity contribution is 9.10. The minimum atomic E-state index is -0.0482. The molecule has 1 aromatic carbocycles. The summed E-state index contributed by atoms with van der Waals surface area (Å²) in [6.07, 6.45) is 2.72. The van der Waals surface area contributed by atoms with Gasteiger partial charge in [0.2, 0.25) is 0 Å². The van der Waals surface area contributed by atoms with Gasteiger partial charge >= 0.3 is 0 Å². The van der Waals surface area contributed by atoms with Crippen LogP contribution in [0.15, 0.2) is 41.0 Å². The van der Waals surface area contributed by atoms with Crippen LogP contribution in [0.5, 0.6) is 5.75 Å². The standard InChI is InChI=1S/C17H21BrN2O2/c1-12(2)20-11-14(18)10-16(20)17(21)19-9-8-13-4-6-15(22-3)7-5-13/h4-7,10-12H,8-9H2,1-3H3,(H,19,21). The minimum Gasteiger partial charge on any atom is -0.497 e. The number of ether oxygens (including phenoxy) is 1. The van der Waals surface area contributed by atoms with Crippen LogP contribution in [-0.4, -0.2) is 24.1 Å². The van der Waals surface area contributed by atoms with Gasteiger partial charge in [-0.25, -0.2) is 0 Å². The minimum absolute atomic E-state index is 0.0482. The molecule has 1 N–H and O–H groups in total. The van der Waals surface area contributed by atoms with E-state index in [0.717, 1.165) is 16.6 Å². The smallest absolute Gasteiger partial charge is 0.267 e. The number of nitrogens with zero attached hydrogens (tertiary/aromatic N) is 1. The molecule has 22 heavy (non-hydrogen) atoms. The van der Waals surface area contributed by atoms with Gasteiger partial charge in [0.05, 0.1) is 7.11 Å². The molecular weight excluding hydrogens is 344 g/mol. The maximum absolute atomic E-state index is 12.3. The van der Waals surface area contributed by atoms with Crippen molar-refractivity contribution in [2.24, 2.45) is 0 Å². The van der Waals surface area contributed by atoms with E-state index in [2.05, 4.69) is 35.1 Å². The largest absolute Gasteiger partial charge is 0.497 e. The molecular formula is C17H21BrN2O2. The SMILES string of the molecule is COc1ccc(CCNC(=O)c2cc(Br)cn2C(C)C)cc1. The van der Waals surface area contributed by atoms with Crippen molar-refractivity contribution in [1.29, 1.82) is 0 Å². The van der Waals surface area contributed by atoms with E-state index in [-0.39, 0.29) is 11.9 Å². The van der Waals surface area contributed by atoms with Crippen LogP contribution < -0.4 is 10.1 Å². The fraction of sp³-hybridized carbons (Fsp3) is 0.353. The molecule has 0 spiro atoms. The van der Waals surface area contributed by atoms with Crippen LogP contribution in [-0.2, 0) is 6.42 Å². The Hall–Kier alpha value is -1.75. The summed E-state index contributed by atoms with van der Waals surface area (Å²) >= 11 is 3.43. The molecule has 118 valence electrons. The molecule has 0 aliphatic carbocycles. The van der Waals surface area contributed by atoms with Gasteiger partial charge in [0.1, 0.15) is 11.4 Å². The van der Waals surface area contributed by atoms with E-state index >= 15 is 0 Å². The first-order valence-electron chi connectivity index (χ1n) is 7.29. The number of carbonyl (C=O) groups is 1. The van der Waals surface area contributed by atoms with Crippen molar-refractivity contribution in [1.82, 2.24) is 9.88 Å². The molecule has 1 amide bonds. The third-order valence-corrected chi connectivity index (χ3v) is 3.90. The normalized spacial score (nSPS) is 10.8. The van der Waals surface area contributed by atoms with Crippen LogP contribution >= 0.6 is 15.9 Å². The predicted octanol–water partition coefficient (Wildman–Crippen LogP) is 3.81. The number of aromatic nitrogens is 1. The highest BCUT2D eigenvalue weighted by Crippen LogP contribution is 2.19. The first kappa shape index (κ1) is 16.6. The Kier molecular flexibility index (Phi) is 5.66. The van der Waals surface area contributed by atoms with Crippen LogP contribution in [0.2, 0.25) is 0 Å². The third kappa shape index (κ3) is 4.13. The van der Waals surface area contributed by atoms with Crippen molar-refractivity contribution in [3.63, 3.8) is 0 Å². The molecule has 5 heteroatoms. The molecule has 0 radical (unpaired) electrons. The Morgan fingerprint density at radius 2 is 2.00 bits per heavy atom. The Labute approximate surface area is 139 Å². The number of halogens is 1. The highest BCUT2D eigenvalue weighted by Gasteiger charge is 2.14. The van der Waals surface area contributed by atoms with Crippen LogP contribution in [0.25, 0.3) is 0 Å². The van der Waals surface area contributed by atoms with Crippen LogP contribution in [0, 0.1) is 0 Å². The van der Waals surface area contributed by atoms with E-state index in [1.165, 1.54) is 5.56 Å². The van der Waals surface area contributed by atoms with E-state index < -0.39 is 0 Å². The van der Waals surface area contributed by atoms with E-state index in [4.69, 9.17) is 4.74 Å². The summed E-state index contributed by atoms with van der Waals surface area (Å²) in [5.74, 6) is 0.792. The number of hydrogen-bond acceptors (Lipinski definition) is 2. The zero-order chi connectivity index (χ0) is 16.1. The first-order valence-corrected chi connectivity index (χ1v) is 8.09. The fourth-order valence-corrected chi connectivity index (χ4v) is 2.70.